The van der Waals surface area contributed by atoms with Gasteiger partial charge in [-0.3, -0.25) is 5.10 Å². The third-order valence-corrected chi connectivity index (χ3v) is 5.50. The van der Waals surface area contributed by atoms with Gasteiger partial charge in [0.05, 0.1) is 11.4 Å². The number of rotatable bonds is 6. The van der Waals surface area contributed by atoms with Crippen LogP contribution in [-0.2, 0) is 0 Å². The Hall–Kier alpha value is -2.99. The number of aromatic nitrogens is 5. The van der Waals surface area contributed by atoms with Gasteiger partial charge in [0.1, 0.15) is 6.33 Å². The second-order valence-electron chi connectivity index (χ2n) is 8.62. The van der Waals surface area contributed by atoms with Crippen molar-refractivity contribution in [3.8, 4) is 22.5 Å². The Morgan fingerprint density at radius 1 is 1.00 bits per heavy atom. The number of hydrogen-bond donors (Lipinski definition) is 2. The largest absolute Gasteiger partial charge is 0.308 e. The van der Waals surface area contributed by atoms with E-state index in [1.54, 1.807) is 6.33 Å². The van der Waals surface area contributed by atoms with Gasteiger partial charge >= 0.3 is 0 Å². The predicted octanol–water partition coefficient (Wildman–Crippen LogP) is 5.28. The van der Waals surface area contributed by atoms with Crippen molar-refractivity contribution in [2.75, 3.05) is 0 Å². The zero-order chi connectivity index (χ0) is 21.4. The Balaban J connectivity index is 1.74. The molecule has 0 saturated heterocycles. The maximum atomic E-state index is 4.72. The molecule has 3 aromatic heterocycles. The lowest BCUT2D eigenvalue weighted by Gasteiger charge is -2.17. The lowest BCUT2D eigenvalue weighted by atomic mass is 9.93. The molecule has 0 aliphatic rings. The van der Waals surface area contributed by atoms with Crippen molar-refractivity contribution in [3.05, 3.63) is 59.5 Å². The van der Waals surface area contributed by atoms with E-state index in [4.69, 9.17) is 5.10 Å². The molecular weight excluding hydrogens is 372 g/mol. The van der Waals surface area contributed by atoms with Gasteiger partial charge in [-0.1, -0.05) is 52.0 Å². The first kappa shape index (κ1) is 20.3. The highest BCUT2D eigenvalue weighted by Gasteiger charge is 2.20. The minimum absolute atomic E-state index is 0.316. The SMILES string of the molecule is Cc1cc(-c2[nH]nc(-c3ccc(C(C)NC(C)C)cc3)c2C(C)C)cn2ncnc12. The standard InChI is InChI=1S/C24H30N6/c1-14(2)21-22(19-9-7-18(8-10-19)17(6)27-15(3)4)28-29-23(21)20-11-16(5)24-25-13-26-30(24)12-20/h7-15,17,27H,1-6H3,(H,28,29). The minimum atomic E-state index is 0.316. The predicted molar refractivity (Wildman–Crippen MR) is 122 cm³/mol. The third kappa shape index (κ3) is 3.75. The number of nitrogens with zero attached hydrogens (tertiary/aromatic N) is 4. The Morgan fingerprint density at radius 3 is 2.40 bits per heavy atom. The summed E-state index contributed by atoms with van der Waals surface area (Å²) >= 11 is 0. The molecule has 6 nitrogen and oxygen atoms in total. The molecule has 3 heterocycles. The topological polar surface area (TPSA) is 70.9 Å². The molecule has 0 spiro atoms. The molecule has 0 fully saturated rings. The van der Waals surface area contributed by atoms with Gasteiger partial charge in [-0.15, -0.1) is 0 Å². The molecular formula is C24H30N6. The Kier molecular flexibility index (Phi) is 5.43. The molecule has 6 heteroatoms. The van der Waals surface area contributed by atoms with Gasteiger partial charge in [-0.2, -0.15) is 10.2 Å². The van der Waals surface area contributed by atoms with Gasteiger partial charge in [0.25, 0.3) is 0 Å². The van der Waals surface area contributed by atoms with E-state index in [1.807, 2.05) is 10.7 Å². The molecule has 0 radical (unpaired) electrons. The summed E-state index contributed by atoms with van der Waals surface area (Å²) in [6, 6.07) is 11.6. The number of aromatic amines is 1. The van der Waals surface area contributed by atoms with Crippen LogP contribution in [0.2, 0.25) is 0 Å². The normalized spacial score (nSPS) is 12.9. The van der Waals surface area contributed by atoms with Crippen molar-refractivity contribution in [3.63, 3.8) is 0 Å². The highest BCUT2D eigenvalue weighted by atomic mass is 15.3. The van der Waals surface area contributed by atoms with Gasteiger partial charge < -0.3 is 5.32 Å². The summed E-state index contributed by atoms with van der Waals surface area (Å²) in [5.41, 5.74) is 8.71. The molecule has 0 bridgehead atoms. The van der Waals surface area contributed by atoms with E-state index in [-0.39, 0.29) is 0 Å². The molecule has 4 rings (SSSR count). The highest BCUT2D eigenvalue weighted by molar-refractivity contribution is 5.75. The van der Waals surface area contributed by atoms with E-state index in [0.717, 1.165) is 33.7 Å². The molecule has 0 aliphatic heterocycles. The Labute approximate surface area is 177 Å². The number of H-pyrrole nitrogens is 1. The molecule has 156 valence electrons. The molecule has 2 N–H and O–H groups in total. The van der Waals surface area contributed by atoms with Crippen LogP contribution in [0, 0.1) is 6.92 Å². The van der Waals surface area contributed by atoms with Crippen LogP contribution < -0.4 is 5.32 Å². The number of hydrogen-bond acceptors (Lipinski definition) is 4. The maximum absolute atomic E-state index is 4.72. The summed E-state index contributed by atoms with van der Waals surface area (Å²) in [7, 11) is 0. The zero-order valence-electron chi connectivity index (χ0n) is 18.6. The van der Waals surface area contributed by atoms with Gasteiger partial charge in [0, 0.05) is 35.0 Å². The second kappa shape index (κ2) is 8.03. The Morgan fingerprint density at radius 2 is 1.73 bits per heavy atom. The van der Waals surface area contributed by atoms with E-state index in [9.17, 15) is 0 Å². The van der Waals surface area contributed by atoms with Gasteiger partial charge in [-0.05, 0) is 37.0 Å². The van der Waals surface area contributed by atoms with Crippen LogP contribution in [-0.4, -0.2) is 30.8 Å². The Bertz CT molecular complexity index is 1150. The lowest BCUT2D eigenvalue weighted by Crippen LogP contribution is -2.25. The first-order valence-electron chi connectivity index (χ1n) is 10.6. The van der Waals surface area contributed by atoms with E-state index in [0.29, 0.717) is 18.0 Å². The van der Waals surface area contributed by atoms with E-state index >= 15 is 0 Å². The first-order chi connectivity index (χ1) is 14.3. The van der Waals surface area contributed by atoms with Crippen LogP contribution in [0.5, 0.6) is 0 Å². The van der Waals surface area contributed by atoms with Crippen molar-refractivity contribution in [2.45, 2.75) is 59.5 Å². The smallest absolute Gasteiger partial charge is 0.158 e. The molecule has 1 atom stereocenters. The fourth-order valence-electron chi connectivity index (χ4n) is 4.11. The fraction of sp³-hybridized carbons (Fsp3) is 0.375. The summed E-state index contributed by atoms with van der Waals surface area (Å²) < 4.78 is 1.83. The molecule has 30 heavy (non-hydrogen) atoms. The summed E-state index contributed by atoms with van der Waals surface area (Å²) in [5, 5.41) is 15.9. The lowest BCUT2D eigenvalue weighted by molar-refractivity contribution is 0.506. The molecule has 0 amide bonds. The molecule has 1 unspecified atom stereocenters. The maximum Gasteiger partial charge on any atom is 0.158 e. The van der Waals surface area contributed by atoms with Crippen LogP contribution in [0.3, 0.4) is 0 Å². The minimum Gasteiger partial charge on any atom is -0.308 e. The fourth-order valence-corrected chi connectivity index (χ4v) is 4.11. The van der Waals surface area contributed by atoms with Crippen LogP contribution in [0.1, 0.15) is 63.3 Å². The summed E-state index contributed by atoms with van der Waals surface area (Å²) in [5.74, 6) is 0.321. The average Bonchev–Trinajstić information content (AvgIpc) is 3.34. The first-order valence-corrected chi connectivity index (χ1v) is 10.6. The molecule has 4 aromatic rings. The molecule has 0 aliphatic carbocycles. The van der Waals surface area contributed by atoms with Crippen molar-refractivity contribution in [1.82, 2.24) is 30.1 Å². The molecule has 1 aromatic carbocycles. The van der Waals surface area contributed by atoms with Crippen molar-refractivity contribution < 1.29 is 0 Å². The monoisotopic (exact) mass is 402 g/mol. The summed E-state index contributed by atoms with van der Waals surface area (Å²) in [4.78, 5) is 4.32. The van der Waals surface area contributed by atoms with E-state index < -0.39 is 0 Å². The molecule has 0 saturated carbocycles. The highest BCUT2D eigenvalue weighted by Crippen LogP contribution is 2.36. The summed E-state index contributed by atoms with van der Waals surface area (Å²) in [6.07, 6.45) is 3.60. The van der Waals surface area contributed by atoms with Gasteiger partial charge in [-0.25, -0.2) is 9.50 Å². The number of pyridine rings is 1. The quantitative estimate of drug-likeness (QED) is 0.460. The second-order valence-corrected chi connectivity index (χ2v) is 8.62. The van der Waals surface area contributed by atoms with Crippen molar-refractivity contribution >= 4 is 5.65 Å². The average molecular weight is 403 g/mol. The van der Waals surface area contributed by atoms with E-state index in [2.05, 4.69) is 92.4 Å². The number of fused-ring (bicyclic) bond motifs is 1. The van der Waals surface area contributed by atoms with Crippen molar-refractivity contribution in [1.29, 1.82) is 0 Å². The van der Waals surface area contributed by atoms with Crippen LogP contribution >= 0.6 is 0 Å². The van der Waals surface area contributed by atoms with Crippen molar-refractivity contribution in [2.24, 2.45) is 0 Å². The van der Waals surface area contributed by atoms with Crippen LogP contribution in [0.15, 0.2) is 42.9 Å². The number of nitrogens with one attached hydrogen (secondary N) is 2. The van der Waals surface area contributed by atoms with Crippen LogP contribution in [0.25, 0.3) is 28.2 Å². The van der Waals surface area contributed by atoms with Crippen LogP contribution in [0.4, 0.5) is 0 Å². The third-order valence-electron chi connectivity index (χ3n) is 5.50. The summed E-state index contributed by atoms with van der Waals surface area (Å²) in [6.45, 7) is 13.0. The van der Waals surface area contributed by atoms with E-state index in [1.165, 1.54) is 11.1 Å². The van der Waals surface area contributed by atoms with Gasteiger partial charge in [0.15, 0.2) is 5.65 Å². The number of benzene rings is 1. The number of aryl methyl sites for hydroxylation is 1. The zero-order valence-corrected chi connectivity index (χ0v) is 18.6. The van der Waals surface area contributed by atoms with Gasteiger partial charge in [0.2, 0.25) is 0 Å².